The number of carbonyl (C=O) groups excluding carboxylic acids is 2. The Bertz CT molecular complexity index is 267. The van der Waals surface area contributed by atoms with E-state index in [0.29, 0.717) is 13.0 Å². The quantitative estimate of drug-likeness (QED) is 0.380. The lowest BCUT2D eigenvalue weighted by Gasteiger charge is -2.16. The van der Waals surface area contributed by atoms with Crippen LogP contribution in [0.3, 0.4) is 0 Å². The van der Waals surface area contributed by atoms with Crippen molar-refractivity contribution in [3.63, 3.8) is 0 Å². The van der Waals surface area contributed by atoms with Crippen LogP contribution in [0.1, 0.15) is 71.6 Å². The molecule has 3 N–H and O–H groups in total. The maximum atomic E-state index is 12.1. The lowest BCUT2D eigenvalue weighted by atomic mass is 10.00. The van der Waals surface area contributed by atoms with E-state index in [9.17, 15) is 9.59 Å². The highest BCUT2D eigenvalue weighted by molar-refractivity contribution is 6.39. The van der Waals surface area contributed by atoms with E-state index in [1.54, 1.807) is 0 Å². The molecule has 0 aromatic heterocycles. The van der Waals surface area contributed by atoms with Crippen LogP contribution in [0.4, 0.5) is 0 Å². The van der Waals surface area contributed by atoms with Gasteiger partial charge in [-0.15, -0.1) is 0 Å². The van der Waals surface area contributed by atoms with Crippen LogP contribution in [-0.2, 0) is 9.59 Å². The number of hydrogen-bond donors (Lipinski definition) is 2. The molecular formula is C16H32N2O2. The Morgan fingerprint density at radius 3 is 2.35 bits per heavy atom. The Morgan fingerprint density at radius 2 is 1.75 bits per heavy atom. The first-order valence-corrected chi connectivity index (χ1v) is 8.17. The zero-order valence-electron chi connectivity index (χ0n) is 13.2. The topological polar surface area (TPSA) is 72.2 Å². The second kappa shape index (κ2) is 13.3. The molecule has 0 spiro atoms. The van der Waals surface area contributed by atoms with Crippen molar-refractivity contribution in [3.8, 4) is 0 Å². The van der Waals surface area contributed by atoms with E-state index in [1.165, 1.54) is 0 Å². The summed E-state index contributed by atoms with van der Waals surface area (Å²) in [5.74, 6) is -0.445. The SMILES string of the molecule is CCCCCNC(CCC)C(=O)C(=O)CCCCCN. The van der Waals surface area contributed by atoms with Crippen molar-refractivity contribution in [2.75, 3.05) is 13.1 Å². The molecule has 0 rings (SSSR count). The summed E-state index contributed by atoms with van der Waals surface area (Å²) in [4.78, 5) is 24.0. The van der Waals surface area contributed by atoms with E-state index in [0.717, 1.165) is 57.9 Å². The summed E-state index contributed by atoms with van der Waals surface area (Å²) in [6, 6.07) is -0.279. The standard InChI is InChI=1S/C16H32N2O2/c1-3-5-9-13-18-14(10-4-2)16(20)15(19)11-7-6-8-12-17/h14,18H,3-13,17H2,1-2H3. The van der Waals surface area contributed by atoms with Gasteiger partial charge in [-0.3, -0.25) is 9.59 Å². The Labute approximate surface area is 123 Å². The number of nitrogens with two attached hydrogens (primary N) is 1. The number of Topliss-reactive ketones (excluding diaryl/α,β-unsaturated/α-hetero) is 2. The molecule has 0 aliphatic heterocycles. The molecule has 1 unspecified atom stereocenters. The fraction of sp³-hybridized carbons (Fsp3) is 0.875. The van der Waals surface area contributed by atoms with Crippen LogP contribution in [0.25, 0.3) is 0 Å². The van der Waals surface area contributed by atoms with Crippen LogP contribution in [-0.4, -0.2) is 30.7 Å². The molecule has 0 radical (unpaired) electrons. The van der Waals surface area contributed by atoms with Crippen LogP contribution in [0.5, 0.6) is 0 Å². The summed E-state index contributed by atoms with van der Waals surface area (Å²) in [5.41, 5.74) is 5.41. The van der Waals surface area contributed by atoms with Crippen molar-refractivity contribution < 1.29 is 9.59 Å². The van der Waals surface area contributed by atoms with Gasteiger partial charge >= 0.3 is 0 Å². The molecule has 1 atom stereocenters. The van der Waals surface area contributed by atoms with Gasteiger partial charge in [-0.2, -0.15) is 0 Å². The molecule has 0 aliphatic carbocycles. The van der Waals surface area contributed by atoms with E-state index in [2.05, 4.69) is 12.2 Å². The molecule has 4 nitrogen and oxygen atoms in total. The van der Waals surface area contributed by atoms with Gasteiger partial charge in [0.1, 0.15) is 0 Å². The summed E-state index contributed by atoms with van der Waals surface area (Å²) in [6.07, 6.45) is 8.05. The van der Waals surface area contributed by atoms with Gasteiger partial charge in [-0.1, -0.05) is 39.5 Å². The molecule has 0 amide bonds. The molecule has 0 aromatic carbocycles. The summed E-state index contributed by atoms with van der Waals surface area (Å²) in [6.45, 7) is 5.67. The van der Waals surface area contributed by atoms with Gasteiger partial charge in [0.2, 0.25) is 5.78 Å². The fourth-order valence-electron chi connectivity index (χ4n) is 2.19. The largest absolute Gasteiger partial charge is 0.330 e. The molecular weight excluding hydrogens is 252 g/mol. The predicted octanol–water partition coefficient (Wildman–Crippen LogP) is 2.59. The minimum absolute atomic E-state index is 0.219. The highest BCUT2D eigenvalue weighted by Gasteiger charge is 2.23. The Balaban J connectivity index is 4.08. The smallest absolute Gasteiger partial charge is 0.215 e. The van der Waals surface area contributed by atoms with Crippen molar-refractivity contribution in [1.82, 2.24) is 5.32 Å². The van der Waals surface area contributed by atoms with Crippen LogP contribution >= 0.6 is 0 Å². The highest BCUT2D eigenvalue weighted by atomic mass is 16.2. The summed E-state index contributed by atoms with van der Waals surface area (Å²) in [7, 11) is 0. The zero-order chi connectivity index (χ0) is 15.2. The molecule has 0 saturated carbocycles. The number of rotatable bonds is 14. The summed E-state index contributed by atoms with van der Waals surface area (Å²) in [5, 5.41) is 3.25. The lowest BCUT2D eigenvalue weighted by molar-refractivity contribution is -0.138. The first-order chi connectivity index (χ1) is 9.67. The third-order valence-corrected chi connectivity index (χ3v) is 3.45. The molecule has 0 aliphatic rings. The van der Waals surface area contributed by atoms with Gasteiger partial charge in [0.15, 0.2) is 5.78 Å². The van der Waals surface area contributed by atoms with Crippen molar-refractivity contribution in [3.05, 3.63) is 0 Å². The lowest BCUT2D eigenvalue weighted by Crippen LogP contribution is -2.41. The Kier molecular flexibility index (Phi) is 12.8. The Morgan fingerprint density at radius 1 is 1.00 bits per heavy atom. The monoisotopic (exact) mass is 284 g/mol. The maximum Gasteiger partial charge on any atom is 0.215 e. The molecule has 20 heavy (non-hydrogen) atoms. The van der Waals surface area contributed by atoms with Gasteiger partial charge in [0.05, 0.1) is 6.04 Å². The van der Waals surface area contributed by atoms with E-state index in [4.69, 9.17) is 5.73 Å². The van der Waals surface area contributed by atoms with Crippen LogP contribution < -0.4 is 11.1 Å². The van der Waals surface area contributed by atoms with Gasteiger partial charge in [-0.25, -0.2) is 0 Å². The van der Waals surface area contributed by atoms with E-state index >= 15 is 0 Å². The average Bonchev–Trinajstić information content (AvgIpc) is 2.46. The zero-order valence-corrected chi connectivity index (χ0v) is 13.2. The first-order valence-electron chi connectivity index (χ1n) is 8.17. The molecule has 4 heteroatoms. The number of nitrogens with one attached hydrogen (secondary N) is 1. The average molecular weight is 284 g/mol. The van der Waals surface area contributed by atoms with Crippen molar-refractivity contribution >= 4 is 11.6 Å². The molecule has 0 heterocycles. The number of hydrogen-bond acceptors (Lipinski definition) is 4. The molecule has 0 saturated heterocycles. The molecule has 0 aromatic rings. The van der Waals surface area contributed by atoms with Crippen LogP contribution in [0.2, 0.25) is 0 Å². The van der Waals surface area contributed by atoms with Gasteiger partial charge in [0.25, 0.3) is 0 Å². The van der Waals surface area contributed by atoms with E-state index in [-0.39, 0.29) is 17.6 Å². The first kappa shape index (κ1) is 19.3. The van der Waals surface area contributed by atoms with Crippen molar-refractivity contribution in [1.29, 1.82) is 0 Å². The fourth-order valence-corrected chi connectivity index (χ4v) is 2.19. The van der Waals surface area contributed by atoms with Crippen molar-refractivity contribution in [2.45, 2.75) is 77.7 Å². The van der Waals surface area contributed by atoms with Crippen molar-refractivity contribution in [2.24, 2.45) is 5.73 Å². The minimum Gasteiger partial charge on any atom is -0.330 e. The Hall–Kier alpha value is -0.740. The molecule has 118 valence electrons. The predicted molar refractivity (Wildman–Crippen MR) is 83.8 cm³/mol. The highest BCUT2D eigenvalue weighted by Crippen LogP contribution is 2.06. The van der Waals surface area contributed by atoms with Crippen LogP contribution in [0, 0.1) is 0 Å². The molecule has 0 fully saturated rings. The minimum atomic E-state index is -0.279. The number of carbonyl (C=O) groups is 2. The van der Waals surface area contributed by atoms with E-state index < -0.39 is 0 Å². The van der Waals surface area contributed by atoms with E-state index in [1.807, 2.05) is 6.92 Å². The third kappa shape index (κ3) is 9.21. The van der Waals surface area contributed by atoms with Gasteiger partial charge < -0.3 is 11.1 Å². The second-order valence-corrected chi connectivity index (χ2v) is 5.39. The number of ketones is 2. The summed E-state index contributed by atoms with van der Waals surface area (Å²) >= 11 is 0. The molecule has 0 bridgehead atoms. The maximum absolute atomic E-state index is 12.1. The number of unbranched alkanes of at least 4 members (excludes halogenated alkanes) is 4. The van der Waals surface area contributed by atoms with Gasteiger partial charge in [0, 0.05) is 6.42 Å². The van der Waals surface area contributed by atoms with Gasteiger partial charge in [-0.05, 0) is 38.8 Å². The second-order valence-electron chi connectivity index (χ2n) is 5.39. The normalized spacial score (nSPS) is 12.3. The van der Waals surface area contributed by atoms with Crippen LogP contribution in [0.15, 0.2) is 0 Å². The summed E-state index contributed by atoms with van der Waals surface area (Å²) < 4.78 is 0. The third-order valence-electron chi connectivity index (χ3n) is 3.45.